The van der Waals surface area contributed by atoms with E-state index in [1.165, 1.54) is 0 Å². The third-order valence-electron chi connectivity index (χ3n) is 6.22. The molecule has 0 unspecified atom stereocenters. The van der Waals surface area contributed by atoms with E-state index < -0.39 is 17.7 Å². The van der Waals surface area contributed by atoms with Gasteiger partial charge < -0.3 is 24.4 Å². The number of likely N-dealkylation sites (N-methyl/N-ethyl adjacent to an activating group) is 1. The number of carbonyl (C=O) groups is 2. The van der Waals surface area contributed by atoms with Gasteiger partial charge in [0.25, 0.3) is 11.7 Å². The quantitative estimate of drug-likeness (QED) is 0.322. The van der Waals surface area contributed by atoms with Gasteiger partial charge in [0.15, 0.2) is 11.5 Å². The molecule has 0 spiro atoms. The van der Waals surface area contributed by atoms with E-state index in [1.807, 2.05) is 32.0 Å². The third kappa shape index (κ3) is 5.09. The number of amides is 1. The SMILES string of the molecule is CCOc1ccc([C@@H]2/C(=C(\O)c3ccc(C)cc3)C(=O)C(=O)N2CCN(CC)CC)cc1OC. The normalized spacial score (nSPS) is 17.5. The van der Waals surface area contributed by atoms with Gasteiger partial charge in [-0.1, -0.05) is 49.7 Å². The van der Waals surface area contributed by atoms with Gasteiger partial charge in [0, 0.05) is 18.7 Å². The molecule has 2 aromatic rings. The highest BCUT2D eigenvalue weighted by Gasteiger charge is 2.46. The first-order valence-electron chi connectivity index (χ1n) is 11.7. The maximum absolute atomic E-state index is 13.2. The number of aliphatic hydroxyl groups is 1. The van der Waals surface area contributed by atoms with E-state index in [0.29, 0.717) is 42.3 Å². The zero-order valence-electron chi connectivity index (χ0n) is 20.6. The van der Waals surface area contributed by atoms with Crippen LogP contribution < -0.4 is 9.47 Å². The first-order valence-corrected chi connectivity index (χ1v) is 11.7. The lowest BCUT2D eigenvalue weighted by Gasteiger charge is -2.28. The molecule has 7 heteroatoms. The van der Waals surface area contributed by atoms with Crippen molar-refractivity contribution in [1.29, 1.82) is 0 Å². The minimum atomic E-state index is -0.735. The predicted octanol–water partition coefficient (Wildman–Crippen LogP) is 4.17. The summed E-state index contributed by atoms with van der Waals surface area (Å²) in [5, 5.41) is 11.2. The lowest BCUT2D eigenvalue weighted by atomic mass is 9.94. The summed E-state index contributed by atoms with van der Waals surface area (Å²) < 4.78 is 11.2. The van der Waals surface area contributed by atoms with E-state index in [-0.39, 0.29) is 11.3 Å². The van der Waals surface area contributed by atoms with Gasteiger partial charge in [0.1, 0.15) is 5.76 Å². The first-order chi connectivity index (χ1) is 16.4. The van der Waals surface area contributed by atoms with Crippen LogP contribution >= 0.6 is 0 Å². The molecular formula is C27H34N2O5. The van der Waals surface area contributed by atoms with Crippen LogP contribution in [0.15, 0.2) is 48.0 Å². The number of benzene rings is 2. The Bertz CT molecular complexity index is 1060. The molecule has 3 rings (SSSR count). The summed E-state index contributed by atoms with van der Waals surface area (Å²) in [7, 11) is 1.55. The number of nitrogens with zero attached hydrogens (tertiary/aromatic N) is 2. The summed E-state index contributed by atoms with van der Waals surface area (Å²) in [5.41, 5.74) is 2.28. The summed E-state index contributed by atoms with van der Waals surface area (Å²) >= 11 is 0. The number of aliphatic hydroxyl groups excluding tert-OH is 1. The highest BCUT2D eigenvalue weighted by molar-refractivity contribution is 6.46. The minimum absolute atomic E-state index is 0.0830. The summed E-state index contributed by atoms with van der Waals surface area (Å²) in [6, 6.07) is 11.9. The van der Waals surface area contributed by atoms with Crippen molar-refractivity contribution >= 4 is 17.4 Å². The third-order valence-corrected chi connectivity index (χ3v) is 6.22. The Morgan fingerprint density at radius 3 is 2.29 bits per heavy atom. The van der Waals surface area contributed by atoms with Crippen LogP contribution in [-0.4, -0.2) is 66.5 Å². The molecule has 7 nitrogen and oxygen atoms in total. The van der Waals surface area contributed by atoms with Crippen molar-refractivity contribution in [3.8, 4) is 11.5 Å². The van der Waals surface area contributed by atoms with Crippen LogP contribution in [0.25, 0.3) is 5.76 Å². The fraction of sp³-hybridized carbons (Fsp3) is 0.407. The smallest absolute Gasteiger partial charge is 0.295 e. The van der Waals surface area contributed by atoms with E-state index in [9.17, 15) is 14.7 Å². The Morgan fingerprint density at radius 2 is 1.71 bits per heavy atom. The van der Waals surface area contributed by atoms with Crippen molar-refractivity contribution in [3.05, 3.63) is 64.7 Å². The molecule has 34 heavy (non-hydrogen) atoms. The van der Waals surface area contributed by atoms with Crippen molar-refractivity contribution in [2.45, 2.75) is 33.7 Å². The van der Waals surface area contributed by atoms with Crippen molar-refractivity contribution < 1.29 is 24.2 Å². The Kier molecular flexibility index (Phi) is 8.34. The summed E-state index contributed by atoms with van der Waals surface area (Å²) in [6.07, 6.45) is 0. The topological polar surface area (TPSA) is 79.3 Å². The molecule has 0 saturated carbocycles. The molecule has 1 saturated heterocycles. The fourth-order valence-electron chi connectivity index (χ4n) is 4.24. The van der Waals surface area contributed by atoms with Crippen LogP contribution in [0.1, 0.15) is 43.5 Å². The average Bonchev–Trinajstić information content (AvgIpc) is 3.10. The second-order valence-corrected chi connectivity index (χ2v) is 8.23. The van der Waals surface area contributed by atoms with Gasteiger partial charge in [0.05, 0.1) is 25.3 Å². The van der Waals surface area contributed by atoms with Crippen molar-refractivity contribution in [1.82, 2.24) is 9.80 Å². The van der Waals surface area contributed by atoms with E-state index in [1.54, 1.807) is 36.3 Å². The Morgan fingerprint density at radius 1 is 1.03 bits per heavy atom. The molecule has 0 radical (unpaired) electrons. The zero-order valence-corrected chi connectivity index (χ0v) is 20.6. The average molecular weight is 467 g/mol. The number of methoxy groups -OCH3 is 1. The molecule has 1 atom stereocenters. The van der Waals surface area contributed by atoms with E-state index in [4.69, 9.17) is 9.47 Å². The van der Waals surface area contributed by atoms with Gasteiger partial charge in [-0.05, 0) is 44.6 Å². The highest BCUT2D eigenvalue weighted by Crippen LogP contribution is 2.41. The Labute approximate surface area is 201 Å². The highest BCUT2D eigenvalue weighted by atomic mass is 16.5. The van der Waals surface area contributed by atoms with Gasteiger partial charge in [-0.3, -0.25) is 9.59 Å². The molecule has 0 aromatic heterocycles. The molecule has 1 fully saturated rings. The van der Waals surface area contributed by atoms with Gasteiger partial charge >= 0.3 is 0 Å². The summed E-state index contributed by atoms with van der Waals surface area (Å²) in [4.78, 5) is 30.1. The number of hydrogen-bond acceptors (Lipinski definition) is 6. The summed E-state index contributed by atoms with van der Waals surface area (Å²) in [5.74, 6) is -0.396. The second-order valence-electron chi connectivity index (χ2n) is 8.23. The number of likely N-dealkylation sites (tertiary alicyclic amines) is 1. The van der Waals surface area contributed by atoms with Gasteiger partial charge in [-0.2, -0.15) is 0 Å². The van der Waals surface area contributed by atoms with E-state index in [0.717, 1.165) is 18.7 Å². The lowest BCUT2D eigenvalue weighted by molar-refractivity contribution is -0.140. The fourth-order valence-corrected chi connectivity index (χ4v) is 4.24. The number of Topliss-reactive ketones (excluding diaryl/α,β-unsaturated/α-hetero) is 1. The number of rotatable bonds is 10. The largest absolute Gasteiger partial charge is 0.507 e. The minimum Gasteiger partial charge on any atom is -0.507 e. The molecule has 1 aliphatic rings. The van der Waals surface area contributed by atoms with E-state index >= 15 is 0 Å². The number of carbonyl (C=O) groups excluding carboxylic acids is 2. The lowest BCUT2D eigenvalue weighted by Crippen LogP contribution is -2.38. The monoisotopic (exact) mass is 466 g/mol. The molecule has 0 bridgehead atoms. The molecule has 1 heterocycles. The number of aryl methyl sites for hydroxylation is 1. The van der Waals surface area contributed by atoms with Crippen LogP contribution in [0.4, 0.5) is 0 Å². The van der Waals surface area contributed by atoms with Crippen LogP contribution in [0.5, 0.6) is 11.5 Å². The molecule has 1 aliphatic heterocycles. The molecule has 0 aliphatic carbocycles. The standard InChI is InChI=1S/C27H34N2O5/c1-6-28(7-2)15-16-29-24(20-13-14-21(34-8-3)22(17-20)33-5)23(26(31)27(29)32)25(30)19-11-9-18(4)10-12-19/h9-14,17,24,30H,6-8,15-16H2,1-5H3/b25-23+/t24-/m1/s1. The Hall–Kier alpha value is -3.32. The molecule has 182 valence electrons. The number of ketones is 1. The number of ether oxygens (including phenoxy) is 2. The molecule has 1 amide bonds. The van der Waals surface area contributed by atoms with Crippen LogP contribution in [-0.2, 0) is 9.59 Å². The second kappa shape index (κ2) is 11.2. The van der Waals surface area contributed by atoms with Crippen LogP contribution in [0.3, 0.4) is 0 Å². The van der Waals surface area contributed by atoms with Crippen LogP contribution in [0, 0.1) is 6.92 Å². The molecular weight excluding hydrogens is 432 g/mol. The van der Waals surface area contributed by atoms with Crippen molar-refractivity contribution in [2.24, 2.45) is 0 Å². The first kappa shape index (κ1) is 25.3. The van der Waals surface area contributed by atoms with Gasteiger partial charge in [-0.15, -0.1) is 0 Å². The zero-order chi connectivity index (χ0) is 24.8. The van der Waals surface area contributed by atoms with Crippen LogP contribution in [0.2, 0.25) is 0 Å². The van der Waals surface area contributed by atoms with E-state index in [2.05, 4.69) is 18.7 Å². The van der Waals surface area contributed by atoms with Gasteiger partial charge in [-0.25, -0.2) is 0 Å². The maximum Gasteiger partial charge on any atom is 0.295 e. The number of hydrogen-bond donors (Lipinski definition) is 1. The molecule has 1 N–H and O–H groups in total. The summed E-state index contributed by atoms with van der Waals surface area (Å²) in [6.45, 7) is 11.1. The van der Waals surface area contributed by atoms with Gasteiger partial charge in [0.2, 0.25) is 0 Å². The maximum atomic E-state index is 13.2. The Balaban J connectivity index is 2.14. The molecule has 2 aromatic carbocycles. The van der Waals surface area contributed by atoms with Crippen molar-refractivity contribution in [3.63, 3.8) is 0 Å². The van der Waals surface area contributed by atoms with Crippen molar-refractivity contribution in [2.75, 3.05) is 39.9 Å². The predicted molar refractivity (Wildman–Crippen MR) is 132 cm³/mol.